The molecular weight excluding hydrogens is 362 g/mol. The van der Waals surface area contributed by atoms with Crippen molar-refractivity contribution < 1.29 is 4.79 Å². The standard InChI is InChI=1S/C24H39N3O2/c1-2-3-4-5-6-7-8-9-10-11-15-25-24(29)26-17-20-16-21(19-26)22-13-12-14-23(28)27(22)18-20/h12-14,20-21H,2-11,15-19H2,1H3,(H,25,29)/t20-,21+/m1/s1. The minimum atomic E-state index is 0.0716. The molecule has 1 aromatic rings. The van der Waals surface area contributed by atoms with Gasteiger partial charge in [0.2, 0.25) is 0 Å². The lowest BCUT2D eigenvalue weighted by Gasteiger charge is -2.42. The molecule has 2 bridgehead atoms. The maximum Gasteiger partial charge on any atom is 0.317 e. The van der Waals surface area contributed by atoms with Gasteiger partial charge in [0.1, 0.15) is 0 Å². The van der Waals surface area contributed by atoms with E-state index in [0.29, 0.717) is 11.8 Å². The first-order valence-corrected chi connectivity index (χ1v) is 11.9. The zero-order valence-corrected chi connectivity index (χ0v) is 18.2. The van der Waals surface area contributed by atoms with E-state index >= 15 is 0 Å². The molecule has 5 heteroatoms. The summed E-state index contributed by atoms with van der Waals surface area (Å²) in [5, 5.41) is 3.12. The number of carbonyl (C=O) groups excluding carboxylic acids is 1. The highest BCUT2D eigenvalue weighted by Gasteiger charge is 2.36. The molecule has 1 aromatic heterocycles. The summed E-state index contributed by atoms with van der Waals surface area (Å²) in [6.07, 6.45) is 14.2. The second kappa shape index (κ2) is 11.4. The Bertz CT molecular complexity index is 700. The van der Waals surface area contributed by atoms with Gasteiger partial charge in [-0.05, 0) is 24.8 Å². The number of likely N-dealkylation sites (tertiary alicyclic amines) is 1. The van der Waals surface area contributed by atoms with Crippen molar-refractivity contribution in [1.29, 1.82) is 0 Å². The molecule has 2 aliphatic rings. The summed E-state index contributed by atoms with van der Waals surface area (Å²) in [5.74, 6) is 0.684. The Labute approximate surface area is 175 Å². The topological polar surface area (TPSA) is 54.3 Å². The SMILES string of the molecule is CCCCCCCCCCCCNC(=O)N1C[C@H]2C[C@@H](C1)c1cccc(=O)n1C2. The number of rotatable bonds is 11. The number of aromatic nitrogens is 1. The molecule has 0 saturated carbocycles. The lowest BCUT2D eigenvalue weighted by molar-refractivity contribution is 0.131. The van der Waals surface area contributed by atoms with Gasteiger partial charge in [-0.15, -0.1) is 0 Å². The molecule has 162 valence electrons. The lowest BCUT2D eigenvalue weighted by atomic mass is 9.83. The lowest BCUT2D eigenvalue weighted by Crippen LogP contribution is -2.52. The highest BCUT2D eigenvalue weighted by molar-refractivity contribution is 5.74. The van der Waals surface area contributed by atoms with Gasteiger partial charge < -0.3 is 14.8 Å². The van der Waals surface area contributed by atoms with Gasteiger partial charge in [0.05, 0.1) is 0 Å². The highest BCUT2D eigenvalue weighted by atomic mass is 16.2. The van der Waals surface area contributed by atoms with Gasteiger partial charge >= 0.3 is 6.03 Å². The molecule has 1 saturated heterocycles. The van der Waals surface area contributed by atoms with Crippen LogP contribution in [0.15, 0.2) is 23.0 Å². The summed E-state index contributed by atoms with van der Waals surface area (Å²) in [6.45, 7) is 5.27. The number of piperidine rings is 1. The molecule has 2 atom stereocenters. The summed E-state index contributed by atoms with van der Waals surface area (Å²) in [7, 11) is 0. The first-order valence-electron chi connectivity index (χ1n) is 11.9. The molecule has 2 aliphatic heterocycles. The normalized spacial score (nSPS) is 20.4. The maximum absolute atomic E-state index is 12.6. The van der Waals surface area contributed by atoms with E-state index in [1.54, 1.807) is 6.07 Å². The summed E-state index contributed by atoms with van der Waals surface area (Å²) >= 11 is 0. The summed E-state index contributed by atoms with van der Waals surface area (Å²) in [5.41, 5.74) is 1.19. The van der Waals surface area contributed by atoms with Crippen molar-refractivity contribution in [3.05, 3.63) is 34.2 Å². The third-order valence-corrected chi connectivity index (χ3v) is 6.57. The number of hydrogen-bond acceptors (Lipinski definition) is 2. The van der Waals surface area contributed by atoms with Gasteiger partial charge in [0, 0.05) is 43.9 Å². The van der Waals surface area contributed by atoms with Crippen LogP contribution >= 0.6 is 0 Å². The second-order valence-electron chi connectivity index (χ2n) is 9.02. The van der Waals surface area contributed by atoms with Crippen LogP contribution in [0.1, 0.15) is 89.2 Å². The Morgan fingerprint density at radius 2 is 1.66 bits per heavy atom. The Kier molecular flexibility index (Phi) is 8.63. The number of unbranched alkanes of at least 4 members (excludes halogenated alkanes) is 9. The number of pyridine rings is 1. The third kappa shape index (κ3) is 6.35. The first-order chi connectivity index (χ1) is 14.2. The number of nitrogens with one attached hydrogen (secondary N) is 1. The molecule has 2 amide bonds. The van der Waals surface area contributed by atoms with E-state index in [1.165, 1.54) is 57.8 Å². The summed E-state index contributed by atoms with van der Waals surface area (Å²) in [6, 6.07) is 5.61. The quantitative estimate of drug-likeness (QED) is 0.536. The van der Waals surface area contributed by atoms with Gasteiger partial charge in [-0.25, -0.2) is 4.79 Å². The van der Waals surface area contributed by atoms with E-state index in [0.717, 1.165) is 44.7 Å². The molecule has 0 radical (unpaired) electrons. The van der Waals surface area contributed by atoms with Crippen LogP contribution in [0, 0.1) is 5.92 Å². The van der Waals surface area contributed by atoms with Crippen LogP contribution < -0.4 is 10.9 Å². The Balaban J connectivity index is 1.30. The van der Waals surface area contributed by atoms with Crippen LogP contribution in [0.2, 0.25) is 0 Å². The first kappa shape index (κ1) is 21.9. The van der Waals surface area contributed by atoms with E-state index in [-0.39, 0.29) is 11.6 Å². The largest absolute Gasteiger partial charge is 0.338 e. The van der Waals surface area contributed by atoms with Crippen molar-refractivity contribution in [1.82, 2.24) is 14.8 Å². The number of amides is 2. The smallest absolute Gasteiger partial charge is 0.317 e. The maximum atomic E-state index is 12.6. The van der Waals surface area contributed by atoms with Gasteiger partial charge in [-0.3, -0.25) is 4.79 Å². The van der Waals surface area contributed by atoms with Gasteiger partial charge in [0.15, 0.2) is 0 Å². The van der Waals surface area contributed by atoms with Crippen molar-refractivity contribution in [3.8, 4) is 0 Å². The van der Waals surface area contributed by atoms with Crippen molar-refractivity contribution in [3.63, 3.8) is 0 Å². The highest BCUT2D eigenvalue weighted by Crippen LogP contribution is 2.34. The van der Waals surface area contributed by atoms with Crippen LogP contribution in [-0.2, 0) is 6.54 Å². The Morgan fingerprint density at radius 3 is 2.38 bits per heavy atom. The fourth-order valence-electron chi connectivity index (χ4n) is 4.98. The minimum absolute atomic E-state index is 0.0716. The molecule has 29 heavy (non-hydrogen) atoms. The van der Waals surface area contributed by atoms with Crippen LogP contribution in [-0.4, -0.2) is 35.1 Å². The van der Waals surface area contributed by atoms with E-state index in [4.69, 9.17) is 0 Å². The number of hydrogen-bond donors (Lipinski definition) is 1. The van der Waals surface area contributed by atoms with E-state index in [1.807, 2.05) is 21.6 Å². The van der Waals surface area contributed by atoms with Crippen molar-refractivity contribution in [2.24, 2.45) is 5.92 Å². The fourth-order valence-corrected chi connectivity index (χ4v) is 4.98. The van der Waals surface area contributed by atoms with Crippen LogP contribution in [0.3, 0.4) is 0 Å². The molecule has 1 fully saturated rings. The summed E-state index contributed by atoms with van der Waals surface area (Å²) < 4.78 is 1.91. The molecule has 3 heterocycles. The molecule has 3 rings (SSSR count). The van der Waals surface area contributed by atoms with Crippen molar-refractivity contribution in [2.75, 3.05) is 19.6 Å². The van der Waals surface area contributed by atoms with Crippen LogP contribution in [0.5, 0.6) is 0 Å². The zero-order chi connectivity index (χ0) is 20.5. The second-order valence-corrected chi connectivity index (χ2v) is 9.02. The number of nitrogens with zero attached hydrogens (tertiary/aromatic N) is 2. The van der Waals surface area contributed by atoms with Crippen LogP contribution in [0.25, 0.3) is 0 Å². The minimum Gasteiger partial charge on any atom is -0.338 e. The van der Waals surface area contributed by atoms with E-state index < -0.39 is 0 Å². The number of fused-ring (bicyclic) bond motifs is 4. The third-order valence-electron chi connectivity index (χ3n) is 6.57. The van der Waals surface area contributed by atoms with Gasteiger partial charge in [-0.2, -0.15) is 0 Å². The number of carbonyl (C=O) groups is 1. The predicted octanol–water partition coefficient (Wildman–Crippen LogP) is 4.90. The van der Waals surface area contributed by atoms with E-state index in [9.17, 15) is 9.59 Å². The molecule has 0 spiro atoms. The zero-order valence-electron chi connectivity index (χ0n) is 18.2. The molecule has 5 nitrogen and oxygen atoms in total. The van der Waals surface area contributed by atoms with Crippen molar-refractivity contribution >= 4 is 6.03 Å². The van der Waals surface area contributed by atoms with E-state index in [2.05, 4.69) is 12.2 Å². The molecule has 0 unspecified atom stereocenters. The Hall–Kier alpha value is -1.78. The molecule has 1 N–H and O–H groups in total. The van der Waals surface area contributed by atoms with Crippen molar-refractivity contribution in [2.45, 2.75) is 90.0 Å². The fraction of sp³-hybridized carbons (Fsp3) is 0.750. The van der Waals surface area contributed by atoms with Gasteiger partial charge in [-0.1, -0.05) is 70.8 Å². The van der Waals surface area contributed by atoms with Gasteiger partial charge in [0.25, 0.3) is 5.56 Å². The summed E-state index contributed by atoms with van der Waals surface area (Å²) in [4.78, 5) is 26.7. The molecular formula is C24H39N3O2. The predicted molar refractivity (Wildman–Crippen MR) is 118 cm³/mol. The Morgan fingerprint density at radius 1 is 0.966 bits per heavy atom. The van der Waals surface area contributed by atoms with Crippen LogP contribution in [0.4, 0.5) is 4.79 Å². The molecule has 0 aliphatic carbocycles. The number of urea groups is 1. The average Bonchev–Trinajstić information content (AvgIpc) is 2.72. The average molecular weight is 402 g/mol. The molecule has 0 aromatic carbocycles. The monoisotopic (exact) mass is 401 g/mol.